The van der Waals surface area contributed by atoms with Crippen molar-refractivity contribution in [2.45, 2.75) is 40.2 Å². The summed E-state index contributed by atoms with van der Waals surface area (Å²) in [4.78, 5) is 24.0. The van der Waals surface area contributed by atoms with Crippen molar-refractivity contribution in [3.63, 3.8) is 0 Å². The molecule has 0 aliphatic rings. The largest absolute Gasteiger partial charge is 0.489 e. The Bertz CT molecular complexity index is 1330. The van der Waals surface area contributed by atoms with Gasteiger partial charge in [0.25, 0.3) is 0 Å². The molecule has 0 N–H and O–H groups in total. The molecule has 0 fully saturated rings. The Hall–Kier alpha value is -3.86. The Kier molecular flexibility index (Phi) is 7.12. The molecule has 0 aliphatic heterocycles. The summed E-state index contributed by atoms with van der Waals surface area (Å²) in [6.07, 6.45) is 2.72. The summed E-state index contributed by atoms with van der Waals surface area (Å²) in [7, 11) is 0. The molecule has 0 spiro atoms. The van der Waals surface area contributed by atoms with Crippen LogP contribution in [0.2, 0.25) is 0 Å². The molecule has 4 rings (SSSR count). The number of carbonyl (C=O) groups excluding carboxylic acids is 2. The quantitative estimate of drug-likeness (QED) is 0.211. The molecule has 174 valence electrons. The lowest BCUT2D eigenvalue weighted by molar-refractivity contribution is -0.142. The number of Topliss-reactive ketones (excluding diaryl/α,β-unsaturated/α-hetero) is 1. The monoisotopic (exact) mass is 456 g/mol. The lowest BCUT2D eigenvalue weighted by Gasteiger charge is -2.14. The van der Waals surface area contributed by atoms with Crippen LogP contribution >= 0.6 is 0 Å². The van der Waals surface area contributed by atoms with Crippen molar-refractivity contribution in [2.75, 3.05) is 6.61 Å². The van der Waals surface area contributed by atoms with Gasteiger partial charge in [-0.3, -0.25) is 9.59 Å². The molecule has 0 unspecified atom stereocenters. The number of ketones is 1. The van der Waals surface area contributed by atoms with E-state index in [9.17, 15) is 9.59 Å². The normalized spacial score (nSPS) is 10.9. The third kappa shape index (κ3) is 5.20. The molecule has 5 heteroatoms. The molecule has 1 heterocycles. The topological polar surface area (TPSA) is 65.7 Å². The summed E-state index contributed by atoms with van der Waals surface area (Å²) in [5.41, 5.74) is 6.35. The highest BCUT2D eigenvalue weighted by Crippen LogP contribution is 2.32. The molecule has 0 radical (unpaired) electrons. The first-order chi connectivity index (χ1) is 16.5. The highest BCUT2D eigenvalue weighted by molar-refractivity contribution is 5.95. The minimum atomic E-state index is -0.333. The van der Waals surface area contributed by atoms with Gasteiger partial charge < -0.3 is 13.9 Å². The Morgan fingerprint density at radius 2 is 1.79 bits per heavy atom. The summed E-state index contributed by atoms with van der Waals surface area (Å²) in [6.45, 7) is 6.00. The van der Waals surface area contributed by atoms with Gasteiger partial charge in [-0.15, -0.1) is 0 Å². The molecule has 0 saturated carbocycles. The summed E-state index contributed by atoms with van der Waals surface area (Å²) < 4.78 is 17.0. The predicted octanol–water partition coefficient (Wildman–Crippen LogP) is 6.55. The van der Waals surface area contributed by atoms with Crippen LogP contribution in [0.15, 0.2) is 71.3 Å². The molecule has 1 aromatic heterocycles. The molecule has 0 amide bonds. The van der Waals surface area contributed by atoms with E-state index in [1.807, 2.05) is 12.1 Å². The predicted molar refractivity (Wildman–Crippen MR) is 132 cm³/mol. The van der Waals surface area contributed by atoms with Crippen LogP contribution < -0.4 is 4.74 Å². The minimum absolute atomic E-state index is 0.0644. The summed E-state index contributed by atoms with van der Waals surface area (Å²) in [5.74, 6) is 0.105. The molecule has 0 saturated heterocycles. The Balaban J connectivity index is 1.66. The van der Waals surface area contributed by atoms with Crippen molar-refractivity contribution in [3.05, 3.63) is 89.2 Å². The third-order valence-electron chi connectivity index (χ3n) is 5.77. The van der Waals surface area contributed by atoms with Gasteiger partial charge in [0.15, 0.2) is 5.78 Å². The fourth-order valence-electron chi connectivity index (χ4n) is 3.98. The molecule has 5 nitrogen and oxygen atoms in total. The SMILES string of the molecule is CCOC(=O)Cc1ccc(C(C)=O)cc1OCc1cc(-c2cccc(CC)c2)c2occc2c1. The van der Waals surface area contributed by atoms with E-state index >= 15 is 0 Å². The number of aryl methyl sites for hydroxylation is 1. The van der Waals surface area contributed by atoms with Crippen LogP contribution in [-0.2, 0) is 29.0 Å². The van der Waals surface area contributed by atoms with Crippen molar-refractivity contribution in [1.82, 2.24) is 0 Å². The van der Waals surface area contributed by atoms with Crippen LogP contribution in [0.4, 0.5) is 0 Å². The fraction of sp³-hybridized carbons (Fsp3) is 0.241. The molecular formula is C29H28O5. The van der Waals surface area contributed by atoms with Crippen LogP contribution in [0.1, 0.15) is 47.8 Å². The molecule has 0 bridgehead atoms. The first-order valence-electron chi connectivity index (χ1n) is 11.5. The second kappa shape index (κ2) is 10.4. The first-order valence-corrected chi connectivity index (χ1v) is 11.5. The standard InChI is InChI=1S/C29H28O5/c1-4-20-7-6-8-23(13-20)26-15-21(14-25-11-12-33-29(25)26)18-34-27-16-22(19(3)30)9-10-24(27)17-28(31)32-5-2/h6-16H,4-5,17-18H2,1-3H3. The lowest BCUT2D eigenvalue weighted by Crippen LogP contribution is -2.10. The highest BCUT2D eigenvalue weighted by atomic mass is 16.5. The van der Waals surface area contributed by atoms with Gasteiger partial charge in [-0.05, 0) is 61.2 Å². The second-order valence-electron chi connectivity index (χ2n) is 8.19. The number of benzene rings is 3. The Morgan fingerprint density at radius 1 is 0.941 bits per heavy atom. The average molecular weight is 457 g/mol. The average Bonchev–Trinajstić information content (AvgIpc) is 3.31. The molecule has 0 atom stereocenters. The smallest absolute Gasteiger partial charge is 0.310 e. The summed E-state index contributed by atoms with van der Waals surface area (Å²) in [6, 6.07) is 19.6. The van der Waals surface area contributed by atoms with E-state index in [2.05, 4.69) is 37.3 Å². The third-order valence-corrected chi connectivity index (χ3v) is 5.77. The molecule has 34 heavy (non-hydrogen) atoms. The van der Waals surface area contributed by atoms with Gasteiger partial charge in [0.2, 0.25) is 0 Å². The first kappa shape index (κ1) is 23.3. The Labute approximate surface area is 199 Å². The van der Waals surface area contributed by atoms with Crippen LogP contribution in [0.3, 0.4) is 0 Å². The zero-order valence-corrected chi connectivity index (χ0v) is 19.7. The number of ether oxygens (including phenoxy) is 2. The lowest BCUT2D eigenvalue weighted by atomic mass is 9.98. The van der Waals surface area contributed by atoms with E-state index in [1.54, 1.807) is 31.4 Å². The number of carbonyl (C=O) groups is 2. The van der Waals surface area contributed by atoms with Crippen molar-refractivity contribution < 1.29 is 23.5 Å². The zero-order chi connectivity index (χ0) is 24.1. The van der Waals surface area contributed by atoms with Gasteiger partial charge in [-0.2, -0.15) is 0 Å². The van der Waals surface area contributed by atoms with Crippen molar-refractivity contribution in [1.29, 1.82) is 0 Å². The molecule has 0 aliphatic carbocycles. The maximum atomic E-state index is 12.1. The highest BCUT2D eigenvalue weighted by Gasteiger charge is 2.15. The summed E-state index contributed by atoms with van der Waals surface area (Å²) >= 11 is 0. The maximum absolute atomic E-state index is 12.1. The Morgan fingerprint density at radius 3 is 2.56 bits per heavy atom. The van der Waals surface area contributed by atoms with Gasteiger partial charge in [0, 0.05) is 22.1 Å². The number of hydrogen-bond acceptors (Lipinski definition) is 5. The van der Waals surface area contributed by atoms with E-state index in [4.69, 9.17) is 13.9 Å². The van der Waals surface area contributed by atoms with Crippen LogP contribution in [0, 0.1) is 0 Å². The van der Waals surface area contributed by atoms with Gasteiger partial charge in [-0.1, -0.05) is 43.3 Å². The van der Waals surface area contributed by atoms with Crippen LogP contribution in [-0.4, -0.2) is 18.4 Å². The van der Waals surface area contributed by atoms with Crippen molar-refractivity contribution >= 4 is 22.7 Å². The van der Waals surface area contributed by atoms with E-state index in [1.165, 1.54) is 12.5 Å². The zero-order valence-electron chi connectivity index (χ0n) is 19.7. The van der Waals surface area contributed by atoms with E-state index < -0.39 is 0 Å². The fourth-order valence-corrected chi connectivity index (χ4v) is 3.98. The van der Waals surface area contributed by atoms with Gasteiger partial charge >= 0.3 is 5.97 Å². The van der Waals surface area contributed by atoms with Crippen LogP contribution in [0.25, 0.3) is 22.1 Å². The number of fused-ring (bicyclic) bond motifs is 1. The van der Waals surface area contributed by atoms with E-state index in [0.717, 1.165) is 34.1 Å². The number of rotatable bonds is 9. The summed E-state index contributed by atoms with van der Waals surface area (Å²) in [5, 5.41) is 0.988. The maximum Gasteiger partial charge on any atom is 0.310 e. The van der Waals surface area contributed by atoms with Crippen molar-refractivity contribution in [2.24, 2.45) is 0 Å². The molecular weight excluding hydrogens is 428 g/mol. The number of furan rings is 1. The minimum Gasteiger partial charge on any atom is -0.489 e. The van der Waals surface area contributed by atoms with Gasteiger partial charge in [-0.25, -0.2) is 0 Å². The second-order valence-corrected chi connectivity index (χ2v) is 8.19. The van der Waals surface area contributed by atoms with E-state index in [0.29, 0.717) is 23.5 Å². The van der Waals surface area contributed by atoms with Crippen molar-refractivity contribution in [3.8, 4) is 16.9 Å². The van der Waals surface area contributed by atoms with Crippen LogP contribution in [0.5, 0.6) is 5.75 Å². The number of hydrogen-bond donors (Lipinski definition) is 0. The van der Waals surface area contributed by atoms with Gasteiger partial charge in [0.1, 0.15) is 17.9 Å². The van der Waals surface area contributed by atoms with E-state index in [-0.39, 0.29) is 24.8 Å². The molecule has 3 aromatic carbocycles. The number of esters is 1. The molecule has 4 aromatic rings. The van der Waals surface area contributed by atoms with Gasteiger partial charge in [0.05, 0.1) is 19.3 Å².